The lowest BCUT2D eigenvalue weighted by atomic mass is 9.67. The van der Waals surface area contributed by atoms with Crippen LogP contribution in [0.1, 0.15) is 111 Å². The van der Waals surface area contributed by atoms with E-state index in [4.69, 9.17) is 34.4 Å². The topological polar surface area (TPSA) is 66.4 Å². The zero-order valence-electron chi connectivity index (χ0n) is 26.8. The highest BCUT2D eigenvalue weighted by Gasteiger charge is 2.52. The summed E-state index contributed by atoms with van der Waals surface area (Å²) in [6.07, 6.45) is 15.6. The van der Waals surface area contributed by atoms with Crippen molar-refractivity contribution in [1.29, 1.82) is 0 Å². The first-order chi connectivity index (χ1) is 23.3. The summed E-state index contributed by atoms with van der Waals surface area (Å²) in [6, 6.07) is 5.05. The van der Waals surface area contributed by atoms with E-state index in [1.54, 1.807) is 32.5 Å². The second-order valence-corrected chi connectivity index (χ2v) is 19.0. The van der Waals surface area contributed by atoms with Crippen LogP contribution in [0.4, 0.5) is 0 Å². The quantitative estimate of drug-likeness (QED) is 0.193. The number of hydrogen-bond acceptors (Lipinski definition) is 10. The molecule has 6 aliphatic rings. The Kier molecular flexibility index (Phi) is 7.71. The van der Waals surface area contributed by atoms with Crippen LogP contribution in [0.5, 0.6) is 0 Å². The molecule has 0 atom stereocenters. The summed E-state index contributed by atoms with van der Waals surface area (Å²) in [6.45, 7) is 5.10. The van der Waals surface area contributed by atoms with E-state index in [0.717, 1.165) is 35.7 Å². The number of rotatable bonds is 4. The van der Waals surface area contributed by atoms with Crippen molar-refractivity contribution in [3.8, 4) is 20.9 Å². The third-order valence-corrected chi connectivity index (χ3v) is 16.0. The molecule has 0 radical (unpaired) electrons. The number of likely N-dealkylation sites (N-methyl/N-ethyl adjacent to an activating group) is 2. The fourth-order valence-corrected chi connectivity index (χ4v) is 14.1. The monoisotopic (exact) mass is 746 g/mol. The molecule has 3 aromatic rings. The minimum atomic E-state index is -0.104. The van der Waals surface area contributed by atoms with Crippen molar-refractivity contribution in [2.24, 2.45) is 0 Å². The summed E-state index contributed by atoms with van der Waals surface area (Å²) in [5.74, 6) is -0.0229. The molecule has 4 heterocycles. The van der Waals surface area contributed by atoms with Gasteiger partial charge in [-0.1, -0.05) is 86.5 Å². The van der Waals surface area contributed by atoms with E-state index in [-0.39, 0.29) is 22.6 Å². The lowest BCUT2D eigenvalue weighted by Crippen LogP contribution is -2.30. The number of fused-ring (bicyclic) bond motifs is 10. The number of carbonyl (C=O) groups excluding carboxylic acids is 2. The molecular formula is C36H34N4O2S6. The van der Waals surface area contributed by atoms with Crippen LogP contribution in [0.25, 0.3) is 33.0 Å². The molecule has 12 heteroatoms. The summed E-state index contributed by atoms with van der Waals surface area (Å²) >= 11 is 17.2. The average molecular weight is 747 g/mol. The average Bonchev–Trinajstić information content (AvgIpc) is 3.91. The number of thioether (sulfide) groups is 2. The molecule has 4 fully saturated rings. The SMILES string of the molecule is CCN1C(=O)/C(=C/c2nc3c(s2)-c2cc4c(cc2C32CCCCC2)-c2sc(/C=C3\SC(=S)N(CC)C3=O)nc2C42CCCCC2)SC1=S. The zero-order valence-corrected chi connectivity index (χ0v) is 31.7. The first-order valence-electron chi connectivity index (χ1n) is 17.0. The zero-order chi connectivity index (χ0) is 32.9. The van der Waals surface area contributed by atoms with Gasteiger partial charge in [-0.3, -0.25) is 19.4 Å². The Morgan fingerprint density at radius 3 is 1.44 bits per heavy atom. The summed E-state index contributed by atoms with van der Waals surface area (Å²) in [4.78, 5) is 44.1. The molecule has 0 bridgehead atoms. The second-order valence-electron chi connectivity index (χ2n) is 13.5. The molecule has 9 rings (SSSR count). The molecule has 2 aromatic heterocycles. The number of thiazole rings is 2. The van der Waals surface area contributed by atoms with Gasteiger partial charge >= 0.3 is 0 Å². The van der Waals surface area contributed by atoms with Gasteiger partial charge in [-0.2, -0.15) is 0 Å². The summed E-state index contributed by atoms with van der Waals surface area (Å²) in [5, 5.41) is 1.80. The van der Waals surface area contributed by atoms with Crippen molar-refractivity contribution >= 4 is 103 Å². The van der Waals surface area contributed by atoms with Gasteiger partial charge in [0.2, 0.25) is 0 Å². The Morgan fingerprint density at radius 2 is 1.08 bits per heavy atom. The van der Waals surface area contributed by atoms with Gasteiger partial charge in [-0.25, -0.2) is 9.97 Å². The van der Waals surface area contributed by atoms with Crippen LogP contribution >= 0.6 is 70.6 Å². The number of amides is 2. The van der Waals surface area contributed by atoms with Crippen LogP contribution in [-0.4, -0.2) is 53.3 Å². The van der Waals surface area contributed by atoms with Crippen LogP contribution in [-0.2, 0) is 20.4 Å². The van der Waals surface area contributed by atoms with Crippen molar-refractivity contribution < 1.29 is 9.59 Å². The normalized spacial score (nSPS) is 23.7. The fraction of sp³-hybridized carbons (Fsp3) is 0.444. The van der Waals surface area contributed by atoms with Crippen molar-refractivity contribution in [2.45, 2.75) is 88.9 Å². The van der Waals surface area contributed by atoms with Gasteiger partial charge in [0, 0.05) is 23.9 Å². The highest BCUT2D eigenvalue weighted by molar-refractivity contribution is 8.27. The molecule has 246 valence electrons. The van der Waals surface area contributed by atoms with E-state index in [1.165, 1.54) is 105 Å². The van der Waals surface area contributed by atoms with E-state index in [9.17, 15) is 9.59 Å². The van der Waals surface area contributed by atoms with Crippen molar-refractivity contribution in [3.05, 3.63) is 54.5 Å². The number of aromatic nitrogens is 2. The van der Waals surface area contributed by atoms with Crippen molar-refractivity contribution in [1.82, 2.24) is 19.8 Å². The third kappa shape index (κ3) is 4.48. The van der Waals surface area contributed by atoms with Crippen molar-refractivity contribution in [3.63, 3.8) is 0 Å². The highest BCUT2D eigenvalue weighted by atomic mass is 32.2. The molecule has 1 aromatic carbocycles. The molecule has 6 nitrogen and oxygen atoms in total. The van der Waals surface area contributed by atoms with Crippen LogP contribution in [0, 0.1) is 0 Å². The number of nitrogens with zero attached hydrogens (tertiary/aromatic N) is 4. The molecule has 2 saturated carbocycles. The molecule has 4 aliphatic carbocycles. The lowest BCUT2D eigenvalue weighted by molar-refractivity contribution is -0.122. The third-order valence-electron chi connectivity index (χ3n) is 11.2. The Balaban J connectivity index is 1.18. The molecule has 2 spiro atoms. The standard InChI is InChI=1S/C36H34N4O2S6/c1-3-39-31(41)23(45-33(39)43)17-25-37-29-27(47-25)19-15-22-20(16-21(19)35(29)11-7-5-8-12-35)28-30(36(22)13-9-6-10-14-36)38-26(48-28)18-24-32(42)40(4-2)34(44)46-24/h15-18H,3-14H2,1-2H3/b23-17-,24-18-. The first-order valence-corrected chi connectivity index (χ1v) is 21.1. The molecule has 48 heavy (non-hydrogen) atoms. The van der Waals surface area contributed by atoms with Crippen LogP contribution in [0.2, 0.25) is 0 Å². The van der Waals surface area contributed by atoms with E-state index >= 15 is 0 Å². The van der Waals surface area contributed by atoms with Gasteiger partial charge in [-0.05, 0) is 86.1 Å². The van der Waals surface area contributed by atoms with Gasteiger partial charge in [-0.15, -0.1) is 22.7 Å². The van der Waals surface area contributed by atoms with E-state index in [0.29, 0.717) is 31.5 Å². The maximum Gasteiger partial charge on any atom is 0.266 e. The Hall–Kier alpha value is -2.22. The van der Waals surface area contributed by atoms with Crippen molar-refractivity contribution in [2.75, 3.05) is 13.1 Å². The molecular weight excluding hydrogens is 713 g/mol. The Morgan fingerprint density at radius 1 is 0.688 bits per heavy atom. The maximum absolute atomic E-state index is 13.1. The molecule has 0 N–H and O–H groups in total. The largest absolute Gasteiger partial charge is 0.293 e. The second kappa shape index (κ2) is 11.7. The predicted molar refractivity (Wildman–Crippen MR) is 207 cm³/mol. The summed E-state index contributed by atoms with van der Waals surface area (Å²) in [7, 11) is 0. The molecule has 0 unspecified atom stereocenters. The number of thiocarbonyl (C=S) groups is 2. The summed E-state index contributed by atoms with van der Waals surface area (Å²) in [5.41, 5.74) is 7.75. The minimum absolute atomic E-state index is 0.0114. The molecule has 2 aliphatic heterocycles. The number of hydrogen-bond donors (Lipinski definition) is 0. The first kappa shape index (κ1) is 31.7. The Labute approximate surface area is 307 Å². The van der Waals surface area contributed by atoms with E-state index in [2.05, 4.69) is 12.1 Å². The number of carbonyl (C=O) groups is 2. The molecule has 2 amide bonds. The smallest absolute Gasteiger partial charge is 0.266 e. The minimum Gasteiger partial charge on any atom is -0.293 e. The van der Waals surface area contributed by atoms with Gasteiger partial charge in [0.15, 0.2) is 0 Å². The Bertz CT molecular complexity index is 1880. The lowest BCUT2D eigenvalue weighted by Gasteiger charge is -2.36. The fourth-order valence-electron chi connectivity index (χ4n) is 8.93. The predicted octanol–water partition coefficient (Wildman–Crippen LogP) is 9.50. The summed E-state index contributed by atoms with van der Waals surface area (Å²) < 4.78 is 1.25. The van der Waals surface area contributed by atoms with Gasteiger partial charge in [0.05, 0.1) is 31.0 Å². The highest BCUT2D eigenvalue weighted by Crippen LogP contribution is 2.63. The van der Waals surface area contributed by atoms with Crippen LogP contribution in [0.15, 0.2) is 21.9 Å². The molecule has 2 saturated heterocycles. The maximum atomic E-state index is 13.1. The van der Waals surface area contributed by atoms with Gasteiger partial charge in [0.25, 0.3) is 11.8 Å². The van der Waals surface area contributed by atoms with Crippen LogP contribution in [0.3, 0.4) is 0 Å². The van der Waals surface area contributed by atoms with E-state index < -0.39 is 0 Å². The van der Waals surface area contributed by atoms with Crippen LogP contribution < -0.4 is 0 Å². The van der Waals surface area contributed by atoms with Gasteiger partial charge in [0.1, 0.15) is 18.7 Å². The van der Waals surface area contributed by atoms with E-state index in [1.807, 2.05) is 26.0 Å². The van der Waals surface area contributed by atoms with Gasteiger partial charge < -0.3 is 0 Å². The number of benzene rings is 1.